The molecule has 1 heterocycles. The average molecular weight is 304 g/mol. The Morgan fingerprint density at radius 2 is 1.80 bits per heavy atom. The Morgan fingerprint density at radius 1 is 1.00 bits per heavy atom. The number of nitrogens with one attached hydrogen (secondary N) is 1. The van der Waals surface area contributed by atoms with E-state index >= 15 is 0 Å². The van der Waals surface area contributed by atoms with E-state index in [2.05, 4.69) is 15.3 Å². The molecule has 100 valence electrons. The van der Waals surface area contributed by atoms with Gasteiger partial charge in [-0.1, -0.05) is 35.3 Å². The number of halogens is 2. The Balaban J connectivity index is 2.02. The van der Waals surface area contributed by atoms with E-state index in [-0.39, 0.29) is 0 Å². The largest absolute Gasteiger partial charge is 0.324 e. The van der Waals surface area contributed by atoms with Crippen molar-refractivity contribution in [1.29, 1.82) is 0 Å². The van der Waals surface area contributed by atoms with E-state index in [1.165, 1.54) is 0 Å². The van der Waals surface area contributed by atoms with Crippen LogP contribution in [0.5, 0.6) is 0 Å². The maximum atomic E-state index is 6.18. The third-order valence-electron chi connectivity index (χ3n) is 2.99. The van der Waals surface area contributed by atoms with E-state index < -0.39 is 0 Å². The van der Waals surface area contributed by atoms with Gasteiger partial charge in [-0.25, -0.2) is 9.97 Å². The van der Waals surface area contributed by atoms with Gasteiger partial charge in [-0.2, -0.15) is 0 Å². The third kappa shape index (κ3) is 2.55. The maximum Gasteiger partial charge on any atom is 0.229 e. The number of aryl methyl sites for hydroxylation is 1. The Kier molecular flexibility index (Phi) is 3.47. The quantitative estimate of drug-likeness (QED) is 0.678. The zero-order chi connectivity index (χ0) is 14.1. The van der Waals surface area contributed by atoms with E-state index in [1.807, 2.05) is 49.4 Å². The van der Waals surface area contributed by atoms with Crippen LogP contribution in [0.25, 0.3) is 10.9 Å². The minimum Gasteiger partial charge on any atom is -0.324 e. The van der Waals surface area contributed by atoms with Crippen LogP contribution in [-0.4, -0.2) is 9.97 Å². The molecule has 0 aliphatic heterocycles. The van der Waals surface area contributed by atoms with Crippen molar-refractivity contribution in [1.82, 2.24) is 9.97 Å². The molecule has 0 bridgehead atoms. The maximum absolute atomic E-state index is 6.18. The van der Waals surface area contributed by atoms with E-state index in [4.69, 9.17) is 23.2 Å². The summed E-state index contributed by atoms with van der Waals surface area (Å²) in [6.07, 6.45) is 0. The number of para-hydroxylation sites is 1. The fourth-order valence-corrected chi connectivity index (χ4v) is 2.45. The highest BCUT2D eigenvalue weighted by molar-refractivity contribution is 6.34. The fraction of sp³-hybridized carbons (Fsp3) is 0.0667. The summed E-state index contributed by atoms with van der Waals surface area (Å²) in [5.74, 6) is 0.471. The first-order valence-corrected chi connectivity index (χ1v) is 6.84. The number of nitrogens with zero attached hydrogens (tertiary/aromatic N) is 2. The van der Waals surface area contributed by atoms with E-state index in [1.54, 1.807) is 0 Å². The first-order chi connectivity index (χ1) is 9.63. The van der Waals surface area contributed by atoms with Crippen LogP contribution in [0, 0.1) is 6.92 Å². The summed E-state index contributed by atoms with van der Waals surface area (Å²) in [7, 11) is 0. The van der Waals surface area contributed by atoms with E-state index in [0.717, 1.165) is 22.2 Å². The Morgan fingerprint density at radius 3 is 2.60 bits per heavy atom. The lowest BCUT2D eigenvalue weighted by atomic mass is 10.2. The number of benzene rings is 2. The monoisotopic (exact) mass is 303 g/mol. The van der Waals surface area contributed by atoms with Crippen molar-refractivity contribution in [2.24, 2.45) is 0 Å². The summed E-state index contributed by atoms with van der Waals surface area (Å²) >= 11 is 12.1. The molecule has 3 aromatic rings. The van der Waals surface area contributed by atoms with Gasteiger partial charge in [-0.3, -0.25) is 0 Å². The first-order valence-electron chi connectivity index (χ1n) is 6.09. The first kappa shape index (κ1) is 13.2. The molecule has 0 fully saturated rings. The van der Waals surface area contributed by atoms with Gasteiger partial charge in [0.05, 0.1) is 5.52 Å². The van der Waals surface area contributed by atoms with Gasteiger partial charge in [-0.05, 0) is 42.8 Å². The molecule has 5 heteroatoms. The smallest absolute Gasteiger partial charge is 0.229 e. The Hall–Kier alpha value is -1.84. The Bertz CT molecular complexity index is 787. The molecule has 0 amide bonds. The number of rotatable bonds is 2. The topological polar surface area (TPSA) is 37.8 Å². The second kappa shape index (κ2) is 5.27. The van der Waals surface area contributed by atoms with Crippen molar-refractivity contribution in [3.8, 4) is 0 Å². The molecular weight excluding hydrogens is 293 g/mol. The van der Waals surface area contributed by atoms with Crippen LogP contribution in [0.3, 0.4) is 0 Å². The van der Waals surface area contributed by atoms with Crippen LogP contribution in [-0.2, 0) is 0 Å². The highest BCUT2D eigenvalue weighted by atomic mass is 35.5. The highest BCUT2D eigenvalue weighted by Crippen LogP contribution is 2.25. The van der Waals surface area contributed by atoms with Crippen LogP contribution in [0.1, 0.15) is 5.56 Å². The van der Waals surface area contributed by atoms with E-state index in [9.17, 15) is 0 Å². The highest BCUT2D eigenvalue weighted by Gasteiger charge is 2.07. The number of hydrogen-bond acceptors (Lipinski definition) is 3. The molecule has 3 rings (SSSR count). The summed E-state index contributed by atoms with van der Waals surface area (Å²) in [4.78, 5) is 8.73. The molecule has 0 saturated carbocycles. The molecule has 20 heavy (non-hydrogen) atoms. The molecule has 0 atom stereocenters. The third-order valence-corrected chi connectivity index (χ3v) is 3.51. The average Bonchev–Trinajstić information content (AvgIpc) is 2.42. The van der Waals surface area contributed by atoms with E-state index in [0.29, 0.717) is 16.1 Å². The second-order valence-corrected chi connectivity index (χ2v) is 5.23. The van der Waals surface area contributed by atoms with Gasteiger partial charge < -0.3 is 5.32 Å². The van der Waals surface area contributed by atoms with Crippen LogP contribution < -0.4 is 5.32 Å². The van der Waals surface area contributed by atoms with Gasteiger partial charge in [0.25, 0.3) is 0 Å². The standard InChI is InChI=1S/C15H11Cl2N3/c1-9-8-10(16)6-7-12(9)18-15-19-13-5-3-2-4-11(13)14(17)20-15/h2-8H,1H3,(H,18,19,20). The number of aromatic nitrogens is 2. The molecule has 1 N–H and O–H groups in total. The zero-order valence-corrected chi connectivity index (χ0v) is 12.2. The van der Waals surface area contributed by atoms with Gasteiger partial charge in [0.2, 0.25) is 5.95 Å². The van der Waals surface area contributed by atoms with Gasteiger partial charge in [0.1, 0.15) is 5.15 Å². The van der Waals surface area contributed by atoms with Crippen molar-refractivity contribution < 1.29 is 0 Å². The summed E-state index contributed by atoms with van der Waals surface area (Å²) in [6.45, 7) is 1.97. The SMILES string of the molecule is Cc1cc(Cl)ccc1Nc1nc(Cl)c2ccccc2n1. The molecular formula is C15H11Cl2N3. The van der Waals surface area contributed by atoms with Crippen LogP contribution in [0.2, 0.25) is 10.2 Å². The minimum absolute atomic E-state index is 0.435. The van der Waals surface area contributed by atoms with Crippen LogP contribution in [0.4, 0.5) is 11.6 Å². The summed E-state index contributed by atoms with van der Waals surface area (Å²) in [6, 6.07) is 13.2. The van der Waals surface area contributed by atoms with Crippen molar-refractivity contribution in [2.75, 3.05) is 5.32 Å². The number of anilines is 2. The molecule has 0 radical (unpaired) electrons. The number of hydrogen-bond donors (Lipinski definition) is 1. The van der Waals surface area contributed by atoms with Crippen molar-refractivity contribution in [3.05, 3.63) is 58.2 Å². The predicted molar refractivity (Wildman–Crippen MR) is 84.0 cm³/mol. The molecule has 0 unspecified atom stereocenters. The second-order valence-electron chi connectivity index (χ2n) is 4.44. The van der Waals surface area contributed by atoms with Gasteiger partial charge in [0, 0.05) is 16.1 Å². The molecule has 1 aromatic heterocycles. The Labute approximate surface area is 126 Å². The number of fused-ring (bicyclic) bond motifs is 1. The lowest BCUT2D eigenvalue weighted by molar-refractivity contribution is 1.21. The molecule has 2 aromatic carbocycles. The molecule has 3 nitrogen and oxygen atoms in total. The lowest BCUT2D eigenvalue weighted by Crippen LogP contribution is -1.99. The normalized spacial score (nSPS) is 10.8. The van der Waals surface area contributed by atoms with Gasteiger partial charge >= 0.3 is 0 Å². The molecule has 0 spiro atoms. The fourth-order valence-electron chi connectivity index (χ4n) is 1.98. The predicted octanol–water partition coefficient (Wildman–Crippen LogP) is 4.99. The van der Waals surface area contributed by atoms with Gasteiger partial charge in [0.15, 0.2) is 0 Å². The van der Waals surface area contributed by atoms with Crippen molar-refractivity contribution >= 4 is 45.7 Å². The molecule has 0 saturated heterocycles. The van der Waals surface area contributed by atoms with Crippen LogP contribution >= 0.6 is 23.2 Å². The summed E-state index contributed by atoms with van der Waals surface area (Å²) in [5.41, 5.74) is 2.73. The zero-order valence-electron chi connectivity index (χ0n) is 10.7. The summed E-state index contributed by atoms with van der Waals surface area (Å²) < 4.78 is 0. The van der Waals surface area contributed by atoms with Crippen LogP contribution in [0.15, 0.2) is 42.5 Å². The molecule has 0 aliphatic rings. The van der Waals surface area contributed by atoms with Crippen molar-refractivity contribution in [3.63, 3.8) is 0 Å². The molecule has 0 aliphatic carbocycles. The lowest BCUT2D eigenvalue weighted by Gasteiger charge is -2.09. The van der Waals surface area contributed by atoms with Crippen molar-refractivity contribution in [2.45, 2.75) is 6.92 Å². The summed E-state index contributed by atoms with van der Waals surface area (Å²) in [5, 5.41) is 5.14. The minimum atomic E-state index is 0.435. The van der Waals surface area contributed by atoms with Gasteiger partial charge in [-0.15, -0.1) is 0 Å².